The summed E-state index contributed by atoms with van der Waals surface area (Å²) in [7, 11) is 2.44. The van der Waals surface area contributed by atoms with Gasteiger partial charge in [-0.05, 0) is 12.1 Å². The standard InChI is InChI=1S/C14H14N4O4/c1-21-12(19)7-11(14(20)22-2)17-10-6-4-3-5-9(10)13-15-8-16-18-13/h3-8,17H,1-2H3,(H,15,16,18)/b11-7+. The smallest absolute Gasteiger partial charge is 0.354 e. The van der Waals surface area contributed by atoms with Crippen molar-refractivity contribution in [1.82, 2.24) is 15.2 Å². The second kappa shape index (κ2) is 7.02. The number of H-pyrrole nitrogens is 1. The van der Waals surface area contributed by atoms with Gasteiger partial charge in [0.25, 0.3) is 0 Å². The first kappa shape index (κ1) is 15.2. The van der Waals surface area contributed by atoms with E-state index in [1.807, 2.05) is 6.07 Å². The van der Waals surface area contributed by atoms with Crippen molar-refractivity contribution in [3.8, 4) is 11.4 Å². The van der Waals surface area contributed by atoms with E-state index in [2.05, 4.69) is 30.0 Å². The summed E-state index contributed by atoms with van der Waals surface area (Å²) in [5, 5.41) is 9.37. The molecule has 0 unspecified atom stereocenters. The number of hydrogen-bond donors (Lipinski definition) is 2. The molecule has 0 amide bonds. The molecule has 8 nitrogen and oxygen atoms in total. The highest BCUT2D eigenvalue weighted by Gasteiger charge is 2.15. The number of nitrogens with one attached hydrogen (secondary N) is 2. The van der Waals surface area contributed by atoms with Gasteiger partial charge in [-0.25, -0.2) is 14.6 Å². The largest absolute Gasteiger partial charge is 0.466 e. The van der Waals surface area contributed by atoms with Crippen LogP contribution in [0.25, 0.3) is 11.4 Å². The Bertz CT molecular complexity index is 695. The quantitative estimate of drug-likeness (QED) is 0.629. The number of anilines is 1. The minimum Gasteiger partial charge on any atom is -0.466 e. The Morgan fingerprint density at radius 3 is 2.64 bits per heavy atom. The monoisotopic (exact) mass is 302 g/mol. The lowest BCUT2D eigenvalue weighted by atomic mass is 10.1. The molecule has 0 atom stereocenters. The van der Waals surface area contributed by atoms with Gasteiger partial charge < -0.3 is 14.8 Å². The summed E-state index contributed by atoms with van der Waals surface area (Å²) in [6, 6.07) is 7.10. The lowest BCUT2D eigenvalue weighted by Crippen LogP contribution is -2.16. The van der Waals surface area contributed by atoms with E-state index >= 15 is 0 Å². The first-order valence-corrected chi connectivity index (χ1v) is 6.25. The highest BCUT2D eigenvalue weighted by Crippen LogP contribution is 2.25. The Balaban J connectivity index is 2.37. The van der Waals surface area contributed by atoms with E-state index in [9.17, 15) is 9.59 Å². The van der Waals surface area contributed by atoms with Crippen LogP contribution in [0.5, 0.6) is 0 Å². The molecule has 0 spiro atoms. The summed E-state index contributed by atoms with van der Waals surface area (Å²) in [6.45, 7) is 0. The highest BCUT2D eigenvalue weighted by molar-refractivity contribution is 5.99. The van der Waals surface area contributed by atoms with Crippen molar-refractivity contribution >= 4 is 17.6 Å². The zero-order valence-corrected chi connectivity index (χ0v) is 12.0. The topological polar surface area (TPSA) is 106 Å². The average Bonchev–Trinajstić information content (AvgIpc) is 3.08. The van der Waals surface area contributed by atoms with Crippen LogP contribution in [0.3, 0.4) is 0 Å². The van der Waals surface area contributed by atoms with Gasteiger partial charge in [0, 0.05) is 11.3 Å². The molecule has 0 fully saturated rings. The molecule has 2 aromatic rings. The van der Waals surface area contributed by atoms with E-state index in [1.54, 1.807) is 18.2 Å². The summed E-state index contributed by atoms with van der Waals surface area (Å²) in [5.74, 6) is -0.854. The van der Waals surface area contributed by atoms with E-state index in [1.165, 1.54) is 20.5 Å². The number of esters is 2. The third-order valence-corrected chi connectivity index (χ3v) is 2.74. The number of rotatable bonds is 5. The molecule has 1 aromatic heterocycles. The SMILES string of the molecule is COC(=O)/C=C(/Nc1ccccc1-c1ncn[nH]1)C(=O)OC. The number of carbonyl (C=O) groups excluding carboxylic acids is 2. The van der Waals surface area contributed by atoms with Gasteiger partial charge in [0.05, 0.1) is 20.3 Å². The number of benzene rings is 1. The molecular formula is C14H14N4O4. The fourth-order valence-corrected chi connectivity index (χ4v) is 1.71. The van der Waals surface area contributed by atoms with Gasteiger partial charge in [0.2, 0.25) is 0 Å². The van der Waals surface area contributed by atoms with E-state index in [-0.39, 0.29) is 5.70 Å². The van der Waals surface area contributed by atoms with Gasteiger partial charge in [-0.1, -0.05) is 12.1 Å². The predicted molar refractivity (Wildman–Crippen MR) is 77.6 cm³/mol. The molecule has 114 valence electrons. The summed E-state index contributed by atoms with van der Waals surface area (Å²) >= 11 is 0. The molecule has 2 N–H and O–H groups in total. The zero-order chi connectivity index (χ0) is 15.9. The molecule has 0 saturated carbocycles. The van der Waals surface area contributed by atoms with Gasteiger partial charge in [0.1, 0.15) is 12.0 Å². The third kappa shape index (κ3) is 3.48. The van der Waals surface area contributed by atoms with Crippen molar-refractivity contribution in [2.24, 2.45) is 0 Å². The Hall–Kier alpha value is -3.16. The van der Waals surface area contributed by atoms with Crippen molar-refractivity contribution in [3.05, 3.63) is 42.4 Å². The molecule has 1 heterocycles. The first-order chi connectivity index (χ1) is 10.7. The number of aromatic amines is 1. The first-order valence-electron chi connectivity index (χ1n) is 6.25. The molecular weight excluding hydrogens is 288 g/mol. The van der Waals surface area contributed by atoms with Crippen LogP contribution in [0.15, 0.2) is 42.4 Å². The predicted octanol–water partition coefficient (Wildman–Crippen LogP) is 1.11. The van der Waals surface area contributed by atoms with Gasteiger partial charge >= 0.3 is 11.9 Å². The number of nitrogens with zero attached hydrogens (tertiary/aromatic N) is 2. The Morgan fingerprint density at radius 1 is 1.23 bits per heavy atom. The van der Waals surface area contributed by atoms with E-state index in [0.29, 0.717) is 17.1 Å². The van der Waals surface area contributed by atoms with Crippen molar-refractivity contribution in [2.45, 2.75) is 0 Å². The number of carbonyl (C=O) groups is 2. The van der Waals surface area contributed by atoms with Crippen LogP contribution in [-0.2, 0) is 19.1 Å². The molecule has 0 saturated heterocycles. The van der Waals surface area contributed by atoms with Crippen LogP contribution in [0, 0.1) is 0 Å². The number of para-hydroxylation sites is 1. The summed E-state index contributed by atoms with van der Waals surface area (Å²) in [6.07, 6.45) is 2.39. The minimum absolute atomic E-state index is 0.0543. The number of aromatic nitrogens is 3. The summed E-state index contributed by atoms with van der Waals surface area (Å²) in [4.78, 5) is 27.2. The highest BCUT2D eigenvalue weighted by atomic mass is 16.5. The fraction of sp³-hybridized carbons (Fsp3) is 0.143. The number of ether oxygens (including phenoxy) is 2. The molecule has 2 rings (SSSR count). The molecule has 0 bridgehead atoms. The fourth-order valence-electron chi connectivity index (χ4n) is 1.71. The maximum absolute atomic E-state index is 11.8. The van der Waals surface area contributed by atoms with Crippen LogP contribution >= 0.6 is 0 Å². The molecule has 0 aliphatic rings. The van der Waals surface area contributed by atoms with Gasteiger partial charge in [-0.15, -0.1) is 0 Å². The summed E-state index contributed by atoms with van der Waals surface area (Å²) in [5.41, 5.74) is 1.18. The molecule has 8 heteroatoms. The normalized spacial score (nSPS) is 10.9. The zero-order valence-electron chi connectivity index (χ0n) is 12.0. The van der Waals surface area contributed by atoms with Gasteiger partial charge in [-0.2, -0.15) is 5.10 Å². The maximum atomic E-state index is 11.8. The van der Waals surface area contributed by atoms with Crippen molar-refractivity contribution < 1.29 is 19.1 Å². The number of methoxy groups -OCH3 is 2. The van der Waals surface area contributed by atoms with E-state index in [0.717, 1.165) is 6.08 Å². The van der Waals surface area contributed by atoms with E-state index < -0.39 is 11.9 Å². The molecule has 0 aliphatic carbocycles. The maximum Gasteiger partial charge on any atom is 0.354 e. The van der Waals surface area contributed by atoms with E-state index in [4.69, 9.17) is 0 Å². The summed E-state index contributed by atoms with van der Waals surface area (Å²) < 4.78 is 9.17. The van der Waals surface area contributed by atoms with Crippen LogP contribution in [0.1, 0.15) is 0 Å². The lowest BCUT2D eigenvalue weighted by Gasteiger charge is -2.12. The van der Waals surface area contributed by atoms with Crippen LogP contribution in [0.2, 0.25) is 0 Å². The van der Waals surface area contributed by atoms with Crippen LogP contribution < -0.4 is 5.32 Å². The molecule has 0 aliphatic heterocycles. The Labute approximate surface area is 126 Å². The second-order valence-electron chi connectivity index (χ2n) is 4.08. The third-order valence-electron chi connectivity index (χ3n) is 2.74. The van der Waals surface area contributed by atoms with Gasteiger partial charge in [0.15, 0.2) is 5.82 Å². The van der Waals surface area contributed by atoms with Crippen molar-refractivity contribution in [1.29, 1.82) is 0 Å². The Morgan fingerprint density at radius 2 is 2.00 bits per heavy atom. The molecule has 22 heavy (non-hydrogen) atoms. The van der Waals surface area contributed by atoms with Crippen molar-refractivity contribution in [3.63, 3.8) is 0 Å². The number of hydrogen-bond acceptors (Lipinski definition) is 7. The Kier molecular flexibility index (Phi) is 4.86. The molecule has 1 aromatic carbocycles. The van der Waals surface area contributed by atoms with Gasteiger partial charge in [-0.3, -0.25) is 5.10 Å². The minimum atomic E-state index is -0.697. The van der Waals surface area contributed by atoms with Crippen LogP contribution in [-0.4, -0.2) is 41.3 Å². The van der Waals surface area contributed by atoms with Crippen LogP contribution in [0.4, 0.5) is 5.69 Å². The second-order valence-corrected chi connectivity index (χ2v) is 4.08. The van der Waals surface area contributed by atoms with Crippen molar-refractivity contribution in [2.75, 3.05) is 19.5 Å². The average molecular weight is 302 g/mol. The lowest BCUT2D eigenvalue weighted by molar-refractivity contribution is -0.138. The molecule has 0 radical (unpaired) electrons.